The lowest BCUT2D eigenvalue weighted by atomic mass is 9.89. The van der Waals surface area contributed by atoms with Crippen molar-refractivity contribution < 1.29 is 13.5 Å². The number of ether oxygens (including phenoxy) is 1. The molecule has 0 aliphatic heterocycles. The van der Waals surface area contributed by atoms with Crippen molar-refractivity contribution in [3.63, 3.8) is 0 Å². The zero-order chi connectivity index (χ0) is 12.4. The molecular formula is C12H14ClF2NO. The molecule has 0 amide bonds. The molecule has 0 heterocycles. The summed E-state index contributed by atoms with van der Waals surface area (Å²) in [6, 6.07) is 2.07. The monoisotopic (exact) mass is 261 g/mol. The molecule has 1 aromatic rings. The van der Waals surface area contributed by atoms with E-state index in [-0.39, 0.29) is 22.9 Å². The molecule has 1 N–H and O–H groups in total. The van der Waals surface area contributed by atoms with E-state index in [0.29, 0.717) is 6.61 Å². The summed E-state index contributed by atoms with van der Waals surface area (Å²) in [6.07, 6.45) is 1.88. The van der Waals surface area contributed by atoms with Crippen LogP contribution >= 0.6 is 11.6 Å². The lowest BCUT2D eigenvalue weighted by Gasteiger charge is -2.36. The molecule has 0 bridgehead atoms. The van der Waals surface area contributed by atoms with Crippen molar-refractivity contribution in [1.82, 2.24) is 0 Å². The predicted molar refractivity (Wildman–Crippen MR) is 63.4 cm³/mol. The summed E-state index contributed by atoms with van der Waals surface area (Å²) in [5.74, 6) is -1.33. The molecule has 2 nitrogen and oxygen atoms in total. The number of benzene rings is 1. The van der Waals surface area contributed by atoms with Crippen molar-refractivity contribution >= 4 is 17.3 Å². The van der Waals surface area contributed by atoms with E-state index in [1.807, 2.05) is 6.92 Å². The molecule has 1 aliphatic carbocycles. The second-order valence-corrected chi connectivity index (χ2v) is 4.54. The minimum Gasteiger partial charge on any atom is -0.379 e. The summed E-state index contributed by atoms with van der Waals surface area (Å²) in [5.41, 5.74) is 0.174. The van der Waals surface area contributed by atoms with E-state index in [4.69, 9.17) is 16.3 Å². The van der Waals surface area contributed by atoms with E-state index in [1.165, 1.54) is 0 Å². The summed E-state index contributed by atoms with van der Waals surface area (Å²) in [5, 5.41) is 3.05. The lowest BCUT2D eigenvalue weighted by molar-refractivity contribution is 0.00293. The highest BCUT2D eigenvalue weighted by Gasteiger charge is 2.30. The average Bonchev–Trinajstić information content (AvgIpc) is 2.18. The van der Waals surface area contributed by atoms with E-state index in [2.05, 4.69) is 5.32 Å². The van der Waals surface area contributed by atoms with Gasteiger partial charge in [0.1, 0.15) is 5.82 Å². The smallest absolute Gasteiger partial charge is 0.150 e. The van der Waals surface area contributed by atoms with Gasteiger partial charge in [0.15, 0.2) is 5.82 Å². The second-order valence-electron chi connectivity index (χ2n) is 4.13. The summed E-state index contributed by atoms with van der Waals surface area (Å²) in [4.78, 5) is 0. The van der Waals surface area contributed by atoms with Crippen LogP contribution in [0.15, 0.2) is 12.1 Å². The maximum atomic E-state index is 13.5. The van der Waals surface area contributed by atoms with Crippen LogP contribution in [-0.2, 0) is 4.74 Å². The number of hydrogen-bond donors (Lipinski definition) is 1. The van der Waals surface area contributed by atoms with E-state index in [9.17, 15) is 8.78 Å². The Morgan fingerprint density at radius 1 is 1.41 bits per heavy atom. The van der Waals surface area contributed by atoms with Gasteiger partial charge in [-0.2, -0.15) is 0 Å². The molecule has 0 saturated heterocycles. The summed E-state index contributed by atoms with van der Waals surface area (Å²) < 4.78 is 31.7. The molecule has 94 valence electrons. The van der Waals surface area contributed by atoms with Gasteiger partial charge in [0, 0.05) is 18.7 Å². The third-order valence-electron chi connectivity index (χ3n) is 2.85. The maximum absolute atomic E-state index is 13.5. The Bertz CT molecular complexity index is 384. The fourth-order valence-corrected chi connectivity index (χ4v) is 2.19. The van der Waals surface area contributed by atoms with Crippen molar-refractivity contribution in [2.45, 2.75) is 31.9 Å². The molecular weight excluding hydrogens is 248 g/mol. The summed E-state index contributed by atoms with van der Waals surface area (Å²) >= 11 is 5.78. The van der Waals surface area contributed by atoms with Crippen LogP contribution in [0.4, 0.5) is 14.5 Å². The summed E-state index contributed by atoms with van der Waals surface area (Å²) in [6.45, 7) is 2.63. The predicted octanol–water partition coefficient (Wildman–Crippen LogP) is 3.60. The van der Waals surface area contributed by atoms with Gasteiger partial charge >= 0.3 is 0 Å². The quantitative estimate of drug-likeness (QED) is 0.894. The lowest BCUT2D eigenvalue weighted by Crippen LogP contribution is -2.41. The Morgan fingerprint density at radius 3 is 2.71 bits per heavy atom. The Hall–Kier alpha value is -0.870. The van der Waals surface area contributed by atoms with Crippen LogP contribution in [0.1, 0.15) is 19.8 Å². The highest BCUT2D eigenvalue weighted by Crippen LogP contribution is 2.32. The van der Waals surface area contributed by atoms with Gasteiger partial charge in [0.05, 0.1) is 16.8 Å². The molecule has 1 fully saturated rings. The van der Waals surface area contributed by atoms with E-state index in [1.54, 1.807) is 0 Å². The number of nitrogens with one attached hydrogen (secondary N) is 1. The molecule has 0 aromatic heterocycles. The Kier molecular flexibility index (Phi) is 3.84. The third kappa shape index (κ3) is 2.87. The Morgan fingerprint density at radius 2 is 2.12 bits per heavy atom. The van der Waals surface area contributed by atoms with E-state index < -0.39 is 11.6 Å². The van der Waals surface area contributed by atoms with Gasteiger partial charge in [0.2, 0.25) is 0 Å². The van der Waals surface area contributed by atoms with Gasteiger partial charge in [-0.15, -0.1) is 0 Å². The SMILES string of the molecule is CCOC1CC(Nc2c(F)cc(F)cc2Cl)C1. The standard InChI is InChI=1S/C12H14ClF2NO/c1-2-17-9-5-8(6-9)16-12-10(13)3-7(14)4-11(12)15/h3-4,8-9,16H,2,5-6H2,1H3. The molecule has 17 heavy (non-hydrogen) atoms. The van der Waals surface area contributed by atoms with E-state index >= 15 is 0 Å². The Labute approximate surface area is 104 Å². The number of hydrogen-bond acceptors (Lipinski definition) is 2. The van der Waals surface area contributed by atoms with Gasteiger partial charge in [-0.3, -0.25) is 0 Å². The van der Waals surface area contributed by atoms with Crippen LogP contribution in [0.5, 0.6) is 0 Å². The molecule has 0 radical (unpaired) electrons. The van der Waals surface area contributed by atoms with Crippen LogP contribution in [0.3, 0.4) is 0 Å². The number of halogens is 3. The van der Waals surface area contributed by atoms with E-state index in [0.717, 1.165) is 25.0 Å². The maximum Gasteiger partial charge on any atom is 0.150 e. The molecule has 0 unspecified atom stereocenters. The number of rotatable bonds is 4. The van der Waals surface area contributed by atoms with Crippen molar-refractivity contribution in [2.75, 3.05) is 11.9 Å². The van der Waals surface area contributed by atoms with Crippen LogP contribution in [0.2, 0.25) is 5.02 Å². The molecule has 1 aliphatic rings. The number of anilines is 1. The minimum atomic E-state index is -0.668. The largest absolute Gasteiger partial charge is 0.379 e. The zero-order valence-corrected chi connectivity index (χ0v) is 10.2. The van der Waals surface area contributed by atoms with Gasteiger partial charge in [-0.05, 0) is 25.8 Å². The first-order valence-corrected chi connectivity index (χ1v) is 6.00. The van der Waals surface area contributed by atoms with Crippen molar-refractivity contribution in [3.05, 3.63) is 28.8 Å². The molecule has 1 saturated carbocycles. The topological polar surface area (TPSA) is 21.3 Å². The van der Waals surface area contributed by atoms with Crippen LogP contribution in [-0.4, -0.2) is 18.8 Å². The highest BCUT2D eigenvalue weighted by atomic mass is 35.5. The van der Waals surface area contributed by atoms with Crippen LogP contribution in [0, 0.1) is 11.6 Å². The zero-order valence-electron chi connectivity index (χ0n) is 9.47. The first-order valence-electron chi connectivity index (χ1n) is 5.62. The van der Waals surface area contributed by atoms with Crippen LogP contribution < -0.4 is 5.32 Å². The van der Waals surface area contributed by atoms with Gasteiger partial charge in [-0.1, -0.05) is 11.6 Å². The van der Waals surface area contributed by atoms with Crippen molar-refractivity contribution in [3.8, 4) is 0 Å². The molecule has 5 heteroatoms. The molecule has 2 rings (SSSR count). The van der Waals surface area contributed by atoms with Gasteiger partial charge in [0.25, 0.3) is 0 Å². The third-order valence-corrected chi connectivity index (χ3v) is 3.15. The highest BCUT2D eigenvalue weighted by molar-refractivity contribution is 6.33. The van der Waals surface area contributed by atoms with Crippen LogP contribution in [0.25, 0.3) is 0 Å². The van der Waals surface area contributed by atoms with Gasteiger partial charge < -0.3 is 10.1 Å². The summed E-state index contributed by atoms with van der Waals surface area (Å²) in [7, 11) is 0. The fraction of sp³-hybridized carbons (Fsp3) is 0.500. The normalized spacial score (nSPS) is 23.3. The van der Waals surface area contributed by atoms with Crippen molar-refractivity contribution in [2.24, 2.45) is 0 Å². The first kappa shape index (κ1) is 12.6. The van der Waals surface area contributed by atoms with Crippen molar-refractivity contribution in [1.29, 1.82) is 0 Å². The fourth-order valence-electron chi connectivity index (χ4n) is 1.94. The minimum absolute atomic E-state index is 0.0716. The molecule has 0 atom stereocenters. The van der Waals surface area contributed by atoms with Gasteiger partial charge in [-0.25, -0.2) is 8.78 Å². The molecule has 0 spiro atoms. The second kappa shape index (κ2) is 5.19. The molecule has 1 aromatic carbocycles. The average molecular weight is 262 g/mol. The Balaban J connectivity index is 1.97. The first-order chi connectivity index (χ1) is 8.10.